The summed E-state index contributed by atoms with van der Waals surface area (Å²) in [6.07, 6.45) is 2.52. The summed E-state index contributed by atoms with van der Waals surface area (Å²) in [5.74, 6) is -0.929. The highest BCUT2D eigenvalue weighted by Gasteiger charge is 1.87. The quantitative estimate of drug-likeness (QED) is 0.502. The van der Waals surface area contributed by atoms with E-state index >= 15 is 0 Å². The van der Waals surface area contributed by atoms with Crippen molar-refractivity contribution in [2.75, 3.05) is 6.61 Å². The van der Waals surface area contributed by atoms with E-state index in [2.05, 4.69) is 4.74 Å². The van der Waals surface area contributed by atoms with E-state index in [4.69, 9.17) is 5.73 Å². The van der Waals surface area contributed by atoms with Crippen molar-refractivity contribution in [3.8, 4) is 0 Å². The van der Waals surface area contributed by atoms with Gasteiger partial charge in [0, 0.05) is 13.0 Å². The molecule has 4 nitrogen and oxygen atoms in total. The summed E-state index contributed by atoms with van der Waals surface area (Å²) >= 11 is 0. The van der Waals surface area contributed by atoms with Crippen molar-refractivity contribution < 1.29 is 14.3 Å². The third-order valence-electron chi connectivity index (χ3n) is 0.665. The van der Waals surface area contributed by atoms with Crippen LogP contribution in [0.4, 0.5) is 0 Å². The predicted octanol–water partition coefficient (Wildman–Crippen LogP) is 0.617. The van der Waals surface area contributed by atoms with Gasteiger partial charge in [0.05, 0.1) is 0 Å². The summed E-state index contributed by atoms with van der Waals surface area (Å²) in [5, 5.41) is 0. The fourth-order valence-electron chi connectivity index (χ4n) is 0.330. The molecule has 0 bridgehead atoms. The van der Waals surface area contributed by atoms with E-state index in [1.807, 2.05) is 13.8 Å². The van der Waals surface area contributed by atoms with Crippen LogP contribution in [0.2, 0.25) is 0 Å². The monoisotopic (exact) mass is 173 g/mol. The van der Waals surface area contributed by atoms with Crippen molar-refractivity contribution in [2.45, 2.75) is 20.8 Å². The smallest absolute Gasteiger partial charge is 0.302 e. The summed E-state index contributed by atoms with van der Waals surface area (Å²) in [5.41, 5.74) is 4.74. The van der Waals surface area contributed by atoms with Crippen LogP contribution in [0.15, 0.2) is 12.2 Å². The van der Waals surface area contributed by atoms with Crippen LogP contribution in [0, 0.1) is 0 Å². The molecule has 0 aliphatic rings. The lowest BCUT2D eigenvalue weighted by atomic mass is 10.5. The molecular formula is C8H15NO3. The number of hydrogen-bond acceptors (Lipinski definition) is 3. The van der Waals surface area contributed by atoms with Crippen molar-refractivity contribution in [1.29, 1.82) is 0 Å². The number of primary amides is 1. The van der Waals surface area contributed by atoms with Gasteiger partial charge in [-0.3, -0.25) is 9.59 Å². The first kappa shape index (κ1) is 13.3. The maximum absolute atomic E-state index is 10.1. The molecule has 0 saturated heterocycles. The maximum Gasteiger partial charge on any atom is 0.302 e. The average Bonchev–Trinajstić information content (AvgIpc) is 2.02. The number of amides is 1. The number of hydrogen-bond donors (Lipinski definition) is 1. The zero-order valence-electron chi connectivity index (χ0n) is 7.66. The lowest BCUT2D eigenvalue weighted by Gasteiger charge is -1.92. The minimum absolute atomic E-state index is 0.0955. The molecule has 70 valence electrons. The number of carbonyl (C=O) groups is 2. The van der Waals surface area contributed by atoms with Crippen LogP contribution in [0.1, 0.15) is 20.8 Å². The molecule has 0 saturated carbocycles. The van der Waals surface area contributed by atoms with Crippen LogP contribution in [0.25, 0.3) is 0 Å². The van der Waals surface area contributed by atoms with Gasteiger partial charge in [-0.05, 0) is 6.08 Å². The highest BCUT2D eigenvalue weighted by atomic mass is 16.5. The molecule has 0 spiro atoms. The molecule has 0 unspecified atom stereocenters. The molecule has 0 aliphatic carbocycles. The van der Waals surface area contributed by atoms with Crippen LogP contribution >= 0.6 is 0 Å². The van der Waals surface area contributed by atoms with Gasteiger partial charge in [0.25, 0.3) is 0 Å². The molecule has 0 aromatic heterocycles. The van der Waals surface area contributed by atoms with Crippen molar-refractivity contribution in [1.82, 2.24) is 0 Å². The van der Waals surface area contributed by atoms with E-state index in [1.54, 1.807) is 0 Å². The van der Waals surface area contributed by atoms with Crippen molar-refractivity contribution in [3.05, 3.63) is 12.2 Å². The summed E-state index contributed by atoms with van der Waals surface area (Å²) in [4.78, 5) is 20.2. The fourth-order valence-corrected chi connectivity index (χ4v) is 0.330. The number of ether oxygens (including phenoxy) is 1. The third kappa shape index (κ3) is 15.9. The van der Waals surface area contributed by atoms with Gasteiger partial charge in [0.1, 0.15) is 6.61 Å². The average molecular weight is 173 g/mol. The lowest BCUT2D eigenvalue weighted by Crippen LogP contribution is -2.06. The molecule has 4 heteroatoms. The highest BCUT2D eigenvalue weighted by Crippen LogP contribution is 1.77. The van der Waals surface area contributed by atoms with E-state index in [1.165, 1.54) is 13.0 Å². The molecule has 2 N–H and O–H groups in total. The second kappa shape index (κ2) is 9.68. The molecule has 1 amide bonds. The lowest BCUT2D eigenvalue weighted by molar-refractivity contribution is -0.139. The Morgan fingerprint density at radius 1 is 1.42 bits per heavy atom. The largest absolute Gasteiger partial charge is 0.462 e. The van der Waals surface area contributed by atoms with Gasteiger partial charge in [-0.25, -0.2) is 0 Å². The van der Waals surface area contributed by atoms with Crippen molar-refractivity contribution >= 4 is 11.9 Å². The summed E-state index contributed by atoms with van der Waals surface area (Å²) in [6, 6.07) is 0. The third-order valence-corrected chi connectivity index (χ3v) is 0.665. The number of nitrogens with two attached hydrogens (primary N) is 1. The number of carbonyl (C=O) groups excluding carboxylic acids is 2. The topological polar surface area (TPSA) is 69.4 Å². The maximum atomic E-state index is 10.1. The first-order chi connectivity index (χ1) is 5.63. The Kier molecular flexibility index (Phi) is 10.7. The van der Waals surface area contributed by atoms with Gasteiger partial charge in [-0.1, -0.05) is 13.8 Å². The molecule has 0 heterocycles. The van der Waals surface area contributed by atoms with Crippen molar-refractivity contribution in [3.63, 3.8) is 0 Å². The first-order valence-corrected chi connectivity index (χ1v) is 3.72. The molecule has 12 heavy (non-hydrogen) atoms. The molecule has 0 aromatic rings. The summed E-state index contributed by atoms with van der Waals surface area (Å²) in [7, 11) is 0. The van der Waals surface area contributed by atoms with E-state index < -0.39 is 5.91 Å². The van der Waals surface area contributed by atoms with Gasteiger partial charge in [-0.15, -0.1) is 0 Å². The Morgan fingerprint density at radius 3 is 2.25 bits per heavy atom. The highest BCUT2D eigenvalue weighted by molar-refractivity contribution is 5.85. The Balaban J connectivity index is 0. The molecular weight excluding hydrogens is 158 g/mol. The molecule has 0 rings (SSSR count). The van der Waals surface area contributed by atoms with Crippen LogP contribution in [-0.2, 0) is 14.3 Å². The predicted molar refractivity (Wildman–Crippen MR) is 46.3 cm³/mol. The fraction of sp³-hybridized carbons (Fsp3) is 0.500. The molecule has 0 fully saturated rings. The minimum atomic E-state index is -0.549. The zero-order chi connectivity index (χ0) is 9.98. The van der Waals surface area contributed by atoms with Crippen LogP contribution < -0.4 is 5.73 Å². The SMILES string of the molecule is CC.CC(=O)OC/C=C\C(N)=O. The van der Waals surface area contributed by atoms with Gasteiger partial charge < -0.3 is 10.5 Å². The number of rotatable bonds is 3. The van der Waals surface area contributed by atoms with Gasteiger partial charge >= 0.3 is 5.97 Å². The van der Waals surface area contributed by atoms with Gasteiger partial charge in [-0.2, -0.15) is 0 Å². The van der Waals surface area contributed by atoms with E-state index in [0.29, 0.717) is 0 Å². The number of esters is 1. The second-order valence-electron chi connectivity index (χ2n) is 1.61. The zero-order valence-corrected chi connectivity index (χ0v) is 7.66. The summed E-state index contributed by atoms with van der Waals surface area (Å²) < 4.78 is 4.46. The minimum Gasteiger partial charge on any atom is -0.462 e. The van der Waals surface area contributed by atoms with E-state index in [9.17, 15) is 9.59 Å². The Labute approximate surface area is 72.4 Å². The molecule has 0 aliphatic heterocycles. The molecule has 0 radical (unpaired) electrons. The van der Waals surface area contributed by atoms with Gasteiger partial charge in [0.15, 0.2) is 0 Å². The van der Waals surface area contributed by atoms with Crippen molar-refractivity contribution in [2.24, 2.45) is 5.73 Å². The Hall–Kier alpha value is -1.32. The van der Waals surface area contributed by atoms with E-state index in [-0.39, 0.29) is 12.6 Å². The second-order valence-corrected chi connectivity index (χ2v) is 1.61. The van der Waals surface area contributed by atoms with E-state index in [0.717, 1.165) is 6.08 Å². The molecule has 0 aromatic carbocycles. The van der Waals surface area contributed by atoms with Gasteiger partial charge in [0.2, 0.25) is 5.91 Å². The summed E-state index contributed by atoms with van der Waals surface area (Å²) in [6.45, 7) is 5.39. The van der Waals surface area contributed by atoms with Crippen LogP contribution in [0.3, 0.4) is 0 Å². The molecule has 0 atom stereocenters. The Bertz CT molecular complexity index is 164. The first-order valence-electron chi connectivity index (χ1n) is 3.72. The normalized spacial score (nSPS) is 8.58. The Morgan fingerprint density at radius 2 is 1.92 bits per heavy atom. The van der Waals surface area contributed by atoms with Crippen LogP contribution in [-0.4, -0.2) is 18.5 Å². The van der Waals surface area contributed by atoms with Crippen LogP contribution in [0.5, 0.6) is 0 Å². The standard InChI is InChI=1S/C6H9NO3.C2H6/c1-5(8)10-4-2-3-6(7)9;1-2/h2-3H,4H2,1H3,(H2,7,9);1-2H3/b3-2-;.